The summed E-state index contributed by atoms with van der Waals surface area (Å²) in [4.78, 5) is 46.6. The van der Waals surface area contributed by atoms with E-state index in [-0.39, 0.29) is 35.9 Å². The second kappa shape index (κ2) is 11.6. The molecule has 8 heteroatoms. The molecule has 0 unspecified atom stereocenters. The van der Waals surface area contributed by atoms with Gasteiger partial charge < -0.3 is 20.1 Å². The van der Waals surface area contributed by atoms with Crippen molar-refractivity contribution in [1.82, 2.24) is 10.6 Å². The molecule has 0 heterocycles. The molecule has 2 amide bonds. The molecule has 1 rings (SSSR count). The van der Waals surface area contributed by atoms with Crippen molar-refractivity contribution < 1.29 is 28.7 Å². The van der Waals surface area contributed by atoms with Crippen molar-refractivity contribution in [2.75, 3.05) is 27.3 Å². The Bertz CT molecular complexity index is 589. The topological polar surface area (TPSA) is 111 Å². The molecule has 1 aromatic rings. The van der Waals surface area contributed by atoms with E-state index in [1.165, 1.54) is 14.2 Å². The van der Waals surface area contributed by atoms with Gasteiger partial charge in [0.25, 0.3) is 11.8 Å². The van der Waals surface area contributed by atoms with Crippen molar-refractivity contribution in [3.8, 4) is 0 Å². The lowest BCUT2D eigenvalue weighted by Gasteiger charge is -2.10. The zero-order chi connectivity index (χ0) is 19.4. The number of benzene rings is 1. The van der Waals surface area contributed by atoms with E-state index in [0.29, 0.717) is 25.9 Å². The number of rotatable bonds is 10. The first kappa shape index (κ1) is 21.1. The number of hydrogen-bond donors (Lipinski definition) is 2. The van der Waals surface area contributed by atoms with Crippen LogP contribution in [0.1, 0.15) is 46.4 Å². The largest absolute Gasteiger partial charge is 0.469 e. The minimum atomic E-state index is -0.393. The van der Waals surface area contributed by atoms with Crippen molar-refractivity contribution in [2.24, 2.45) is 0 Å². The van der Waals surface area contributed by atoms with Gasteiger partial charge in [-0.25, -0.2) is 0 Å². The highest BCUT2D eigenvalue weighted by atomic mass is 16.5. The van der Waals surface area contributed by atoms with Gasteiger partial charge in [-0.1, -0.05) is 12.1 Å². The highest BCUT2D eigenvalue weighted by molar-refractivity contribution is 6.07. The minimum absolute atomic E-state index is 0.207. The fourth-order valence-corrected chi connectivity index (χ4v) is 2.14. The van der Waals surface area contributed by atoms with Gasteiger partial charge in [0.2, 0.25) is 0 Å². The first-order chi connectivity index (χ1) is 12.5. The summed E-state index contributed by atoms with van der Waals surface area (Å²) in [6.45, 7) is 0.589. The molecule has 2 N–H and O–H groups in total. The third-order valence-corrected chi connectivity index (χ3v) is 3.56. The van der Waals surface area contributed by atoms with Crippen LogP contribution in [0.25, 0.3) is 0 Å². The number of esters is 2. The molecule has 0 saturated heterocycles. The summed E-state index contributed by atoms with van der Waals surface area (Å²) in [5.41, 5.74) is 0.493. The molecule has 0 radical (unpaired) electrons. The maximum atomic E-state index is 12.3. The van der Waals surface area contributed by atoms with E-state index in [9.17, 15) is 19.2 Å². The lowest BCUT2D eigenvalue weighted by molar-refractivity contribution is -0.141. The molecule has 0 fully saturated rings. The summed E-state index contributed by atoms with van der Waals surface area (Å²) in [5, 5.41) is 5.35. The van der Waals surface area contributed by atoms with E-state index in [4.69, 9.17) is 0 Å². The van der Waals surface area contributed by atoms with Crippen LogP contribution in [-0.4, -0.2) is 51.1 Å². The fraction of sp³-hybridized carbons (Fsp3) is 0.444. The van der Waals surface area contributed by atoms with Crippen LogP contribution in [0.2, 0.25) is 0 Å². The highest BCUT2D eigenvalue weighted by Crippen LogP contribution is 2.09. The molecular weight excluding hydrogens is 340 g/mol. The summed E-state index contributed by atoms with van der Waals surface area (Å²) >= 11 is 0. The van der Waals surface area contributed by atoms with E-state index >= 15 is 0 Å². The second-order valence-electron chi connectivity index (χ2n) is 5.42. The number of amides is 2. The van der Waals surface area contributed by atoms with Gasteiger partial charge in [0, 0.05) is 25.9 Å². The quantitative estimate of drug-likeness (QED) is 0.474. The Balaban J connectivity index is 2.54. The summed E-state index contributed by atoms with van der Waals surface area (Å²) in [6.07, 6.45) is 1.30. The molecule has 142 valence electrons. The van der Waals surface area contributed by atoms with Crippen LogP contribution >= 0.6 is 0 Å². The van der Waals surface area contributed by atoms with Gasteiger partial charge >= 0.3 is 11.9 Å². The lowest BCUT2D eigenvalue weighted by Crippen LogP contribution is -2.30. The minimum Gasteiger partial charge on any atom is -0.469 e. The summed E-state index contributed by atoms with van der Waals surface area (Å²) in [7, 11) is 2.61. The Morgan fingerprint density at radius 2 is 1.15 bits per heavy atom. The summed E-state index contributed by atoms with van der Waals surface area (Å²) in [5.74, 6) is -1.47. The normalized spacial score (nSPS) is 9.92. The van der Waals surface area contributed by atoms with E-state index in [1.54, 1.807) is 24.3 Å². The van der Waals surface area contributed by atoms with Gasteiger partial charge in [0.15, 0.2) is 0 Å². The highest BCUT2D eigenvalue weighted by Gasteiger charge is 2.16. The van der Waals surface area contributed by atoms with Gasteiger partial charge in [0.1, 0.15) is 0 Å². The van der Waals surface area contributed by atoms with Gasteiger partial charge in [-0.15, -0.1) is 0 Å². The van der Waals surface area contributed by atoms with Crippen LogP contribution in [0.5, 0.6) is 0 Å². The number of carbonyl (C=O) groups is 4. The molecule has 8 nitrogen and oxygen atoms in total. The van der Waals surface area contributed by atoms with Gasteiger partial charge in [-0.3, -0.25) is 19.2 Å². The van der Waals surface area contributed by atoms with Crippen LogP contribution < -0.4 is 10.6 Å². The maximum Gasteiger partial charge on any atom is 0.305 e. The van der Waals surface area contributed by atoms with Crippen LogP contribution in [0.15, 0.2) is 24.3 Å². The Labute approximate surface area is 152 Å². The van der Waals surface area contributed by atoms with E-state index in [0.717, 1.165) is 0 Å². The third kappa shape index (κ3) is 7.33. The number of methoxy groups -OCH3 is 2. The molecule has 0 bridgehead atoms. The first-order valence-corrected chi connectivity index (χ1v) is 8.28. The smallest absolute Gasteiger partial charge is 0.305 e. The molecule has 1 aromatic carbocycles. The average molecular weight is 364 g/mol. The monoisotopic (exact) mass is 364 g/mol. The van der Waals surface area contributed by atoms with Crippen LogP contribution in [0.4, 0.5) is 0 Å². The summed E-state index contributed by atoms with van der Waals surface area (Å²) in [6, 6.07) is 6.44. The SMILES string of the molecule is COC(=O)CCCNC(=O)c1ccccc1C(=O)NCCCC(=O)OC. The molecule has 0 aliphatic rings. The lowest BCUT2D eigenvalue weighted by atomic mass is 10.1. The second-order valence-corrected chi connectivity index (χ2v) is 5.42. The molecule has 0 saturated carbocycles. The van der Waals surface area contributed by atoms with Crippen molar-refractivity contribution >= 4 is 23.8 Å². The van der Waals surface area contributed by atoms with Gasteiger partial charge in [-0.05, 0) is 25.0 Å². The van der Waals surface area contributed by atoms with Gasteiger partial charge in [0.05, 0.1) is 25.3 Å². The predicted octanol–water partition coefficient (Wildman–Crippen LogP) is 1.05. The van der Waals surface area contributed by atoms with Crippen LogP contribution in [0, 0.1) is 0 Å². The Kier molecular flexibility index (Phi) is 9.45. The van der Waals surface area contributed by atoms with Crippen LogP contribution in [0.3, 0.4) is 0 Å². The molecule has 0 aliphatic carbocycles. The molecular formula is C18H24N2O6. The number of hydrogen-bond acceptors (Lipinski definition) is 6. The first-order valence-electron chi connectivity index (χ1n) is 8.28. The zero-order valence-corrected chi connectivity index (χ0v) is 15.0. The maximum absolute atomic E-state index is 12.3. The van der Waals surface area contributed by atoms with E-state index in [2.05, 4.69) is 20.1 Å². The van der Waals surface area contributed by atoms with E-state index in [1.807, 2.05) is 0 Å². The van der Waals surface area contributed by atoms with Crippen molar-refractivity contribution in [3.05, 3.63) is 35.4 Å². The Morgan fingerprint density at radius 1 is 0.769 bits per heavy atom. The molecule has 0 aliphatic heterocycles. The summed E-state index contributed by atoms with van der Waals surface area (Å²) < 4.78 is 9.06. The third-order valence-electron chi connectivity index (χ3n) is 3.56. The zero-order valence-electron chi connectivity index (χ0n) is 15.0. The fourth-order valence-electron chi connectivity index (χ4n) is 2.14. The van der Waals surface area contributed by atoms with Crippen LogP contribution in [-0.2, 0) is 19.1 Å². The Hall–Kier alpha value is -2.90. The Morgan fingerprint density at radius 3 is 1.50 bits per heavy atom. The van der Waals surface area contributed by atoms with Crippen molar-refractivity contribution in [1.29, 1.82) is 0 Å². The van der Waals surface area contributed by atoms with Crippen molar-refractivity contribution in [3.63, 3.8) is 0 Å². The molecule has 0 aromatic heterocycles. The number of ether oxygens (including phenoxy) is 2. The average Bonchev–Trinajstić information content (AvgIpc) is 2.67. The molecule has 26 heavy (non-hydrogen) atoms. The molecule has 0 atom stereocenters. The van der Waals surface area contributed by atoms with Crippen molar-refractivity contribution in [2.45, 2.75) is 25.7 Å². The molecule has 0 spiro atoms. The van der Waals surface area contributed by atoms with E-state index < -0.39 is 11.8 Å². The standard InChI is InChI=1S/C18H24N2O6/c1-25-15(21)9-5-11-19-17(23)13-7-3-4-8-14(13)18(24)20-12-6-10-16(22)26-2/h3-4,7-8H,5-6,9-12H2,1-2H3,(H,19,23)(H,20,24). The number of carbonyl (C=O) groups excluding carboxylic acids is 4. The van der Waals surface area contributed by atoms with Gasteiger partial charge in [-0.2, -0.15) is 0 Å². The predicted molar refractivity (Wildman–Crippen MR) is 93.6 cm³/mol. The number of nitrogens with one attached hydrogen (secondary N) is 2.